The zero-order chi connectivity index (χ0) is 13.8. The molecule has 4 heteroatoms. The van der Waals surface area contributed by atoms with Crippen LogP contribution in [0.15, 0.2) is 42.5 Å². The summed E-state index contributed by atoms with van der Waals surface area (Å²) in [5, 5.41) is 10.2. The van der Waals surface area contributed by atoms with Crippen LogP contribution >= 0.6 is 23.2 Å². The number of hydrogen-bond donors (Lipinski definition) is 0. The van der Waals surface area contributed by atoms with E-state index in [0.717, 1.165) is 11.3 Å². The van der Waals surface area contributed by atoms with Gasteiger partial charge in [-0.2, -0.15) is 5.26 Å². The van der Waals surface area contributed by atoms with E-state index in [9.17, 15) is 0 Å². The van der Waals surface area contributed by atoms with E-state index in [2.05, 4.69) is 6.07 Å². The van der Waals surface area contributed by atoms with Gasteiger partial charge in [0.25, 0.3) is 0 Å². The van der Waals surface area contributed by atoms with Crippen LogP contribution in [-0.4, -0.2) is 7.05 Å². The highest BCUT2D eigenvalue weighted by Gasteiger charge is 2.10. The first-order valence-electron chi connectivity index (χ1n) is 5.76. The topological polar surface area (TPSA) is 27.0 Å². The minimum atomic E-state index is 0.543. The third kappa shape index (κ3) is 3.01. The fourth-order valence-electron chi connectivity index (χ4n) is 1.91. The average molecular weight is 291 g/mol. The third-order valence-corrected chi connectivity index (χ3v) is 3.73. The predicted molar refractivity (Wildman–Crippen MR) is 79.7 cm³/mol. The van der Waals surface area contributed by atoms with E-state index in [4.69, 9.17) is 28.5 Å². The van der Waals surface area contributed by atoms with Crippen molar-refractivity contribution >= 4 is 28.9 Å². The lowest BCUT2D eigenvalue weighted by Gasteiger charge is -2.21. The van der Waals surface area contributed by atoms with E-state index >= 15 is 0 Å². The van der Waals surface area contributed by atoms with Crippen molar-refractivity contribution in [3.63, 3.8) is 0 Å². The third-order valence-electron chi connectivity index (χ3n) is 2.87. The highest BCUT2D eigenvalue weighted by molar-refractivity contribution is 6.42. The van der Waals surface area contributed by atoms with E-state index in [1.165, 1.54) is 0 Å². The molecule has 0 aromatic heterocycles. The average Bonchev–Trinajstić information content (AvgIpc) is 2.43. The Hall–Kier alpha value is -1.69. The SMILES string of the molecule is CN(Cc1cccc(Cl)c1Cl)c1ccccc1C#N. The van der Waals surface area contributed by atoms with Gasteiger partial charge < -0.3 is 4.90 Å². The van der Waals surface area contributed by atoms with Crippen molar-refractivity contribution < 1.29 is 0 Å². The standard InChI is InChI=1S/C15H12Cl2N2/c1-19(14-8-3-2-5-11(14)9-18)10-12-6-4-7-13(16)15(12)17/h2-8H,10H2,1H3. The van der Waals surface area contributed by atoms with Crippen LogP contribution in [0.5, 0.6) is 0 Å². The number of hydrogen-bond acceptors (Lipinski definition) is 2. The van der Waals surface area contributed by atoms with Crippen LogP contribution in [0.4, 0.5) is 5.69 Å². The second-order valence-corrected chi connectivity index (χ2v) is 4.98. The first-order chi connectivity index (χ1) is 9.13. The van der Waals surface area contributed by atoms with Crippen LogP contribution in [0.25, 0.3) is 0 Å². The van der Waals surface area contributed by atoms with Gasteiger partial charge in [0.1, 0.15) is 6.07 Å². The summed E-state index contributed by atoms with van der Waals surface area (Å²) >= 11 is 12.2. The van der Waals surface area contributed by atoms with Gasteiger partial charge in [-0.05, 0) is 23.8 Å². The lowest BCUT2D eigenvalue weighted by molar-refractivity contribution is 0.921. The summed E-state index contributed by atoms with van der Waals surface area (Å²) in [6.45, 7) is 0.595. The molecule has 0 saturated carbocycles. The van der Waals surface area contributed by atoms with Gasteiger partial charge >= 0.3 is 0 Å². The first-order valence-corrected chi connectivity index (χ1v) is 6.52. The summed E-state index contributed by atoms with van der Waals surface area (Å²) < 4.78 is 0. The molecular weight excluding hydrogens is 279 g/mol. The first kappa shape index (κ1) is 13.7. The van der Waals surface area contributed by atoms with Gasteiger partial charge in [0.05, 0.1) is 21.3 Å². The van der Waals surface area contributed by atoms with Crippen LogP contribution in [0.2, 0.25) is 10.0 Å². The van der Waals surface area contributed by atoms with Gasteiger partial charge in [-0.25, -0.2) is 0 Å². The van der Waals surface area contributed by atoms with Crippen LogP contribution in [0, 0.1) is 11.3 Å². The molecule has 0 bridgehead atoms. The maximum atomic E-state index is 9.11. The fraction of sp³-hybridized carbons (Fsp3) is 0.133. The number of nitrogens with zero attached hydrogens (tertiary/aromatic N) is 2. The molecule has 0 saturated heterocycles. The smallest absolute Gasteiger partial charge is 0.101 e. The van der Waals surface area contributed by atoms with E-state index < -0.39 is 0 Å². The second-order valence-electron chi connectivity index (χ2n) is 4.20. The summed E-state index contributed by atoms with van der Waals surface area (Å²) in [5.41, 5.74) is 2.45. The van der Waals surface area contributed by atoms with Crippen molar-refractivity contribution in [3.8, 4) is 6.07 Å². The Bertz CT molecular complexity index is 632. The zero-order valence-electron chi connectivity index (χ0n) is 10.4. The number of para-hydroxylation sites is 1. The van der Waals surface area contributed by atoms with Crippen LogP contribution in [0.3, 0.4) is 0 Å². The highest BCUT2D eigenvalue weighted by Crippen LogP contribution is 2.28. The van der Waals surface area contributed by atoms with E-state index in [1.807, 2.05) is 42.3 Å². The van der Waals surface area contributed by atoms with E-state index in [0.29, 0.717) is 22.2 Å². The monoisotopic (exact) mass is 290 g/mol. The molecule has 0 aliphatic heterocycles. The van der Waals surface area contributed by atoms with Crippen LogP contribution in [-0.2, 0) is 6.54 Å². The molecule has 0 atom stereocenters. The number of benzene rings is 2. The molecule has 0 spiro atoms. The van der Waals surface area contributed by atoms with Gasteiger partial charge in [0.2, 0.25) is 0 Å². The summed E-state index contributed by atoms with van der Waals surface area (Å²) in [6, 6.07) is 15.2. The second kappa shape index (κ2) is 5.97. The molecule has 2 aromatic rings. The fourth-order valence-corrected chi connectivity index (χ4v) is 2.29. The molecule has 0 radical (unpaired) electrons. The number of anilines is 1. The van der Waals surface area contributed by atoms with Gasteiger partial charge in [-0.3, -0.25) is 0 Å². The molecule has 0 N–H and O–H groups in total. The molecular formula is C15H12Cl2N2. The van der Waals surface area contributed by atoms with Crippen molar-refractivity contribution in [2.24, 2.45) is 0 Å². The van der Waals surface area contributed by atoms with Crippen molar-refractivity contribution in [1.82, 2.24) is 0 Å². The normalized spacial score (nSPS) is 10.0. The zero-order valence-corrected chi connectivity index (χ0v) is 11.9. The summed E-state index contributed by atoms with van der Waals surface area (Å²) in [5.74, 6) is 0. The molecule has 0 aliphatic rings. The Kier molecular flexibility index (Phi) is 4.31. The minimum Gasteiger partial charge on any atom is -0.369 e. The van der Waals surface area contributed by atoms with Gasteiger partial charge in [-0.1, -0.05) is 47.5 Å². The summed E-state index contributed by atoms with van der Waals surface area (Å²) in [6.07, 6.45) is 0. The van der Waals surface area contributed by atoms with Gasteiger partial charge in [0, 0.05) is 13.6 Å². The Labute approximate surface area is 122 Å². The van der Waals surface area contributed by atoms with Crippen LogP contribution < -0.4 is 4.90 Å². The number of rotatable bonds is 3. The molecule has 0 amide bonds. The molecule has 96 valence electrons. The van der Waals surface area contributed by atoms with Crippen LogP contribution in [0.1, 0.15) is 11.1 Å². The Morgan fingerprint density at radius 2 is 1.84 bits per heavy atom. The minimum absolute atomic E-state index is 0.543. The Morgan fingerprint density at radius 3 is 2.58 bits per heavy atom. The summed E-state index contributed by atoms with van der Waals surface area (Å²) in [7, 11) is 1.92. The van der Waals surface area contributed by atoms with Crippen molar-refractivity contribution in [1.29, 1.82) is 5.26 Å². The Morgan fingerprint density at radius 1 is 1.11 bits per heavy atom. The van der Waals surface area contributed by atoms with E-state index in [1.54, 1.807) is 12.1 Å². The molecule has 19 heavy (non-hydrogen) atoms. The number of halogens is 2. The van der Waals surface area contributed by atoms with Crippen molar-refractivity contribution in [3.05, 3.63) is 63.6 Å². The predicted octanol–water partition coefficient (Wildman–Crippen LogP) is 4.50. The molecule has 0 unspecified atom stereocenters. The maximum Gasteiger partial charge on any atom is 0.101 e. The van der Waals surface area contributed by atoms with Crippen molar-refractivity contribution in [2.75, 3.05) is 11.9 Å². The highest BCUT2D eigenvalue weighted by atomic mass is 35.5. The van der Waals surface area contributed by atoms with Gasteiger partial charge in [0.15, 0.2) is 0 Å². The summed E-state index contributed by atoms with van der Waals surface area (Å²) in [4.78, 5) is 1.98. The molecule has 0 aliphatic carbocycles. The molecule has 2 aromatic carbocycles. The quantitative estimate of drug-likeness (QED) is 0.832. The van der Waals surface area contributed by atoms with Gasteiger partial charge in [-0.15, -0.1) is 0 Å². The maximum absolute atomic E-state index is 9.11. The molecule has 0 heterocycles. The lowest BCUT2D eigenvalue weighted by Crippen LogP contribution is -2.17. The van der Waals surface area contributed by atoms with Crippen molar-refractivity contribution in [2.45, 2.75) is 6.54 Å². The molecule has 2 nitrogen and oxygen atoms in total. The Balaban J connectivity index is 2.29. The number of nitriles is 1. The largest absolute Gasteiger partial charge is 0.369 e. The lowest BCUT2D eigenvalue weighted by atomic mass is 10.1. The molecule has 0 fully saturated rings. The molecule has 2 rings (SSSR count). The van der Waals surface area contributed by atoms with E-state index in [-0.39, 0.29) is 0 Å².